The normalized spacial score (nSPS) is 15.7. The summed E-state index contributed by atoms with van der Waals surface area (Å²) < 4.78 is 42.4. The number of nitrogens with zero attached hydrogens (tertiary/aromatic N) is 1. The second kappa shape index (κ2) is 7.26. The molecule has 1 saturated heterocycles. The molecule has 1 aromatic carbocycles. The maximum Gasteiger partial charge on any atom is 0.258 e. The Hall–Kier alpha value is -2.36. The Bertz CT molecular complexity index is 842. The number of methoxy groups -OCH3 is 1. The summed E-state index contributed by atoms with van der Waals surface area (Å²) in [5.74, 6) is -0.179. The van der Waals surface area contributed by atoms with Gasteiger partial charge in [0.15, 0.2) is 0 Å². The van der Waals surface area contributed by atoms with Gasteiger partial charge in [-0.25, -0.2) is 8.42 Å². The Labute approximate surface area is 145 Å². The minimum atomic E-state index is -3.76. The molecule has 1 aliphatic rings. The third kappa shape index (κ3) is 3.68. The monoisotopic (exact) mass is 366 g/mol. The molecule has 3 rings (SSSR count). The highest BCUT2D eigenvalue weighted by molar-refractivity contribution is 7.89. The molecule has 1 amide bonds. The fraction of sp³-hybridized carbons (Fsp3) is 0.312. The number of hydrogen-bond donors (Lipinski definition) is 1. The molecule has 1 N–H and O–H groups in total. The number of rotatable bonds is 5. The first-order valence-electron chi connectivity index (χ1n) is 7.62. The number of furan rings is 1. The van der Waals surface area contributed by atoms with Gasteiger partial charge < -0.3 is 19.2 Å². The smallest absolute Gasteiger partial charge is 0.258 e. The number of nitrogens with one attached hydrogen (secondary N) is 1. The largest absolute Gasteiger partial charge is 0.495 e. The van der Waals surface area contributed by atoms with Crippen molar-refractivity contribution in [2.24, 2.45) is 0 Å². The first-order valence-corrected chi connectivity index (χ1v) is 9.06. The maximum atomic E-state index is 12.9. The van der Waals surface area contributed by atoms with Crippen molar-refractivity contribution in [3.8, 4) is 5.75 Å². The van der Waals surface area contributed by atoms with Gasteiger partial charge in [-0.15, -0.1) is 0 Å². The van der Waals surface area contributed by atoms with Gasteiger partial charge in [0.1, 0.15) is 16.9 Å². The number of carbonyl (C=O) groups is 1. The van der Waals surface area contributed by atoms with Crippen LogP contribution in [0, 0.1) is 0 Å². The molecule has 1 aromatic heterocycles. The van der Waals surface area contributed by atoms with Crippen LogP contribution in [0.1, 0.15) is 10.4 Å². The van der Waals surface area contributed by atoms with Crippen LogP contribution in [-0.2, 0) is 14.8 Å². The van der Waals surface area contributed by atoms with Crippen molar-refractivity contribution >= 4 is 21.6 Å². The molecule has 0 bridgehead atoms. The zero-order valence-corrected chi connectivity index (χ0v) is 14.4. The lowest BCUT2D eigenvalue weighted by atomic mass is 10.2. The number of morpholine rings is 1. The van der Waals surface area contributed by atoms with Gasteiger partial charge in [0.05, 0.1) is 32.2 Å². The number of anilines is 1. The van der Waals surface area contributed by atoms with Crippen LogP contribution in [0.15, 0.2) is 46.1 Å². The van der Waals surface area contributed by atoms with Crippen LogP contribution in [0.4, 0.5) is 5.69 Å². The quantitative estimate of drug-likeness (QED) is 0.862. The summed E-state index contributed by atoms with van der Waals surface area (Å²) in [5.41, 5.74) is 0.687. The molecule has 25 heavy (non-hydrogen) atoms. The van der Waals surface area contributed by atoms with E-state index in [0.717, 1.165) is 0 Å². The summed E-state index contributed by atoms with van der Waals surface area (Å²) >= 11 is 0. The summed E-state index contributed by atoms with van der Waals surface area (Å²) in [6.07, 6.45) is 2.70. The van der Waals surface area contributed by atoms with E-state index < -0.39 is 15.9 Å². The summed E-state index contributed by atoms with van der Waals surface area (Å²) in [5, 5.41) is 2.65. The van der Waals surface area contributed by atoms with Crippen LogP contribution in [0.2, 0.25) is 0 Å². The molecule has 0 aliphatic carbocycles. The molecule has 0 unspecified atom stereocenters. The first kappa shape index (κ1) is 17.5. The van der Waals surface area contributed by atoms with Crippen LogP contribution in [0.5, 0.6) is 5.75 Å². The summed E-state index contributed by atoms with van der Waals surface area (Å²) in [7, 11) is -2.36. The number of carbonyl (C=O) groups excluding carboxylic acids is 1. The maximum absolute atomic E-state index is 12.9. The van der Waals surface area contributed by atoms with E-state index in [9.17, 15) is 13.2 Å². The molecule has 0 spiro atoms. The van der Waals surface area contributed by atoms with Crippen molar-refractivity contribution in [1.82, 2.24) is 4.31 Å². The number of hydrogen-bond acceptors (Lipinski definition) is 6. The molecular formula is C16H18N2O6S. The van der Waals surface area contributed by atoms with Crippen LogP contribution in [-0.4, -0.2) is 52.0 Å². The molecular weight excluding hydrogens is 348 g/mol. The minimum Gasteiger partial charge on any atom is -0.495 e. The van der Waals surface area contributed by atoms with E-state index >= 15 is 0 Å². The van der Waals surface area contributed by atoms with Crippen molar-refractivity contribution in [3.05, 3.63) is 42.4 Å². The lowest BCUT2D eigenvalue weighted by Gasteiger charge is -2.26. The highest BCUT2D eigenvalue weighted by atomic mass is 32.2. The van der Waals surface area contributed by atoms with Gasteiger partial charge >= 0.3 is 0 Å². The van der Waals surface area contributed by atoms with Crippen molar-refractivity contribution < 1.29 is 27.1 Å². The fourth-order valence-corrected chi connectivity index (χ4v) is 4.07. The van der Waals surface area contributed by atoms with E-state index in [1.54, 1.807) is 6.07 Å². The van der Waals surface area contributed by atoms with Crippen LogP contribution in [0.3, 0.4) is 0 Å². The molecule has 134 valence electrons. The lowest BCUT2D eigenvalue weighted by Crippen LogP contribution is -2.40. The molecule has 2 heterocycles. The van der Waals surface area contributed by atoms with Gasteiger partial charge in [-0.3, -0.25) is 4.79 Å². The summed E-state index contributed by atoms with van der Waals surface area (Å²) in [6, 6.07) is 6.00. The molecule has 0 atom stereocenters. The Morgan fingerprint density at radius 2 is 2.00 bits per heavy atom. The molecule has 1 aliphatic heterocycles. The second-order valence-electron chi connectivity index (χ2n) is 5.35. The van der Waals surface area contributed by atoms with Crippen LogP contribution >= 0.6 is 0 Å². The Balaban J connectivity index is 1.91. The van der Waals surface area contributed by atoms with Crippen molar-refractivity contribution in [1.29, 1.82) is 0 Å². The van der Waals surface area contributed by atoms with Gasteiger partial charge in [0.25, 0.3) is 5.91 Å². The standard InChI is InChI=1S/C16H18N2O6S/c1-22-14-3-2-13(17-16(19)12-4-7-24-11-12)10-15(14)25(20,21)18-5-8-23-9-6-18/h2-4,7,10-11H,5-6,8-9H2,1H3,(H,17,19). The highest BCUT2D eigenvalue weighted by Gasteiger charge is 2.29. The number of amides is 1. The number of benzene rings is 1. The van der Waals surface area contributed by atoms with E-state index in [1.165, 1.54) is 42.1 Å². The van der Waals surface area contributed by atoms with Crippen molar-refractivity contribution in [3.63, 3.8) is 0 Å². The van der Waals surface area contributed by atoms with E-state index in [2.05, 4.69) is 5.32 Å². The molecule has 8 nitrogen and oxygen atoms in total. The average molecular weight is 366 g/mol. The van der Waals surface area contributed by atoms with E-state index in [0.29, 0.717) is 24.5 Å². The van der Waals surface area contributed by atoms with Crippen molar-refractivity contribution in [2.75, 3.05) is 38.7 Å². The van der Waals surface area contributed by atoms with Gasteiger partial charge in [-0.2, -0.15) is 4.31 Å². The third-order valence-corrected chi connectivity index (χ3v) is 5.71. The topological polar surface area (TPSA) is 98.1 Å². The Morgan fingerprint density at radius 1 is 1.24 bits per heavy atom. The molecule has 0 saturated carbocycles. The average Bonchev–Trinajstić information content (AvgIpc) is 3.17. The van der Waals surface area contributed by atoms with E-state index in [-0.39, 0.29) is 23.7 Å². The fourth-order valence-electron chi connectivity index (χ4n) is 2.48. The lowest BCUT2D eigenvalue weighted by molar-refractivity contribution is 0.0729. The summed E-state index contributed by atoms with van der Waals surface area (Å²) in [6.45, 7) is 1.24. The van der Waals surface area contributed by atoms with Crippen LogP contribution in [0.25, 0.3) is 0 Å². The van der Waals surface area contributed by atoms with Gasteiger partial charge in [0.2, 0.25) is 10.0 Å². The minimum absolute atomic E-state index is 0.00175. The predicted octanol–water partition coefficient (Wildman–Crippen LogP) is 1.56. The predicted molar refractivity (Wildman–Crippen MR) is 89.2 cm³/mol. The van der Waals surface area contributed by atoms with Gasteiger partial charge in [-0.1, -0.05) is 0 Å². The second-order valence-corrected chi connectivity index (χ2v) is 7.25. The molecule has 0 radical (unpaired) electrons. The Morgan fingerprint density at radius 3 is 2.64 bits per heavy atom. The SMILES string of the molecule is COc1ccc(NC(=O)c2ccoc2)cc1S(=O)(=O)N1CCOCC1. The zero-order valence-electron chi connectivity index (χ0n) is 13.6. The van der Waals surface area contributed by atoms with Gasteiger partial charge in [0, 0.05) is 18.8 Å². The number of sulfonamides is 1. The first-order chi connectivity index (χ1) is 12.0. The number of ether oxygens (including phenoxy) is 2. The highest BCUT2D eigenvalue weighted by Crippen LogP contribution is 2.30. The third-order valence-electron chi connectivity index (χ3n) is 3.79. The molecule has 1 fully saturated rings. The summed E-state index contributed by atoms with van der Waals surface area (Å²) in [4.78, 5) is 12.1. The van der Waals surface area contributed by atoms with Gasteiger partial charge in [-0.05, 0) is 24.3 Å². The van der Waals surface area contributed by atoms with Crippen molar-refractivity contribution in [2.45, 2.75) is 4.90 Å². The van der Waals surface area contributed by atoms with E-state index in [4.69, 9.17) is 13.9 Å². The Kier molecular flexibility index (Phi) is 5.07. The molecule has 2 aromatic rings. The zero-order chi connectivity index (χ0) is 17.9. The van der Waals surface area contributed by atoms with Crippen LogP contribution < -0.4 is 10.1 Å². The molecule has 9 heteroatoms. The van der Waals surface area contributed by atoms with E-state index in [1.807, 2.05) is 0 Å².